The molecule has 0 aliphatic carbocycles. The summed E-state index contributed by atoms with van der Waals surface area (Å²) < 4.78 is 0. The summed E-state index contributed by atoms with van der Waals surface area (Å²) in [6.45, 7) is 4.45. The van der Waals surface area contributed by atoms with Crippen LogP contribution < -0.4 is 0 Å². The summed E-state index contributed by atoms with van der Waals surface area (Å²) in [6, 6.07) is 6.33. The molecule has 0 bridgehead atoms. The maximum absolute atomic E-state index is 4.60. The highest BCUT2D eigenvalue weighted by atomic mass is 14.8. The number of hydrogen-bond donors (Lipinski definition) is 1. The highest BCUT2D eigenvalue weighted by Crippen LogP contribution is 2.20. The van der Waals surface area contributed by atoms with Crippen LogP contribution in [0, 0.1) is 0 Å². The average Bonchev–Trinajstić information content (AvgIpc) is 2.64. The van der Waals surface area contributed by atoms with Crippen LogP contribution in [0.5, 0.6) is 0 Å². The number of nitrogens with one attached hydrogen (secondary N) is 1. The molecule has 2 heterocycles. The summed E-state index contributed by atoms with van der Waals surface area (Å²) in [5, 5.41) is 1.19. The molecule has 2 aromatic rings. The molecule has 0 fully saturated rings. The summed E-state index contributed by atoms with van der Waals surface area (Å²) in [6.07, 6.45) is 4.36. The van der Waals surface area contributed by atoms with Gasteiger partial charge in [0.1, 0.15) is 5.65 Å². The maximum atomic E-state index is 4.60. The van der Waals surface area contributed by atoms with Crippen LogP contribution in [-0.4, -0.2) is 9.97 Å². The van der Waals surface area contributed by atoms with Gasteiger partial charge in [-0.15, -0.1) is 0 Å². The lowest BCUT2D eigenvalue weighted by Crippen LogP contribution is -1.96. The predicted molar refractivity (Wildman–Crippen MR) is 59.4 cm³/mol. The number of hydrogen-bond acceptors (Lipinski definition) is 1. The lowest BCUT2D eigenvalue weighted by atomic mass is 10.0. The molecule has 1 atom stereocenters. The third-order valence-electron chi connectivity index (χ3n) is 2.66. The van der Waals surface area contributed by atoms with Crippen molar-refractivity contribution in [3.63, 3.8) is 0 Å². The molecule has 1 unspecified atom stereocenters. The van der Waals surface area contributed by atoms with Gasteiger partial charge in [-0.25, -0.2) is 4.98 Å². The fourth-order valence-electron chi connectivity index (χ4n) is 1.80. The van der Waals surface area contributed by atoms with Gasteiger partial charge in [-0.2, -0.15) is 0 Å². The quantitative estimate of drug-likeness (QED) is 0.785. The summed E-state index contributed by atoms with van der Waals surface area (Å²) in [4.78, 5) is 7.74. The fraction of sp³-hybridized carbons (Fsp3) is 0.417. The van der Waals surface area contributed by atoms with E-state index in [1.807, 2.05) is 6.20 Å². The van der Waals surface area contributed by atoms with Crippen LogP contribution in [0.15, 0.2) is 24.4 Å². The van der Waals surface area contributed by atoms with Gasteiger partial charge >= 0.3 is 0 Å². The third kappa shape index (κ3) is 1.65. The van der Waals surface area contributed by atoms with E-state index in [2.05, 4.69) is 42.0 Å². The summed E-state index contributed by atoms with van der Waals surface area (Å²) in [5.74, 6) is 0.563. The molecule has 2 aromatic heterocycles. The van der Waals surface area contributed by atoms with Gasteiger partial charge in [0.25, 0.3) is 0 Å². The van der Waals surface area contributed by atoms with E-state index in [1.165, 1.54) is 23.9 Å². The standard InChI is InChI=1S/C12H16N2/c1-3-4-9(2)11-6-5-10-7-8-13-12(10)14-11/h5-9H,3-4H2,1-2H3,(H,13,14). The topological polar surface area (TPSA) is 28.7 Å². The van der Waals surface area contributed by atoms with Crippen LogP contribution in [0.25, 0.3) is 11.0 Å². The SMILES string of the molecule is CCCC(C)c1ccc2cc[nH]c2n1. The minimum absolute atomic E-state index is 0.563. The second kappa shape index (κ2) is 3.82. The largest absolute Gasteiger partial charge is 0.346 e. The van der Waals surface area contributed by atoms with Gasteiger partial charge in [-0.3, -0.25) is 0 Å². The van der Waals surface area contributed by atoms with Gasteiger partial charge < -0.3 is 4.98 Å². The lowest BCUT2D eigenvalue weighted by molar-refractivity contribution is 0.649. The van der Waals surface area contributed by atoms with Crippen molar-refractivity contribution in [2.24, 2.45) is 0 Å². The molecule has 0 spiro atoms. The molecule has 0 aromatic carbocycles. The van der Waals surface area contributed by atoms with Crippen LogP contribution in [0.4, 0.5) is 0 Å². The molecule has 14 heavy (non-hydrogen) atoms. The first kappa shape index (κ1) is 9.25. The number of pyridine rings is 1. The van der Waals surface area contributed by atoms with Crippen molar-refractivity contribution in [1.29, 1.82) is 0 Å². The van der Waals surface area contributed by atoms with E-state index in [-0.39, 0.29) is 0 Å². The minimum Gasteiger partial charge on any atom is -0.346 e. The second-order valence-electron chi connectivity index (χ2n) is 3.84. The Morgan fingerprint density at radius 3 is 3.00 bits per heavy atom. The molecule has 0 radical (unpaired) electrons. The van der Waals surface area contributed by atoms with Crippen molar-refractivity contribution < 1.29 is 0 Å². The number of rotatable bonds is 3. The molecular formula is C12H16N2. The van der Waals surface area contributed by atoms with Crippen LogP contribution in [0.1, 0.15) is 38.3 Å². The van der Waals surface area contributed by atoms with Crippen molar-refractivity contribution in [2.75, 3.05) is 0 Å². The van der Waals surface area contributed by atoms with Gasteiger partial charge in [-0.05, 0) is 30.5 Å². The first-order valence-corrected chi connectivity index (χ1v) is 5.25. The summed E-state index contributed by atoms with van der Waals surface area (Å²) >= 11 is 0. The molecule has 1 N–H and O–H groups in total. The Kier molecular flexibility index (Phi) is 2.53. The van der Waals surface area contributed by atoms with E-state index in [1.54, 1.807) is 0 Å². The first-order valence-electron chi connectivity index (χ1n) is 5.25. The summed E-state index contributed by atoms with van der Waals surface area (Å²) in [7, 11) is 0. The number of fused-ring (bicyclic) bond motifs is 1. The molecule has 2 heteroatoms. The van der Waals surface area contributed by atoms with Crippen molar-refractivity contribution >= 4 is 11.0 Å². The number of nitrogens with zero attached hydrogens (tertiary/aromatic N) is 1. The van der Waals surface area contributed by atoms with Gasteiger partial charge in [0.2, 0.25) is 0 Å². The fourth-order valence-corrected chi connectivity index (χ4v) is 1.80. The number of H-pyrrole nitrogens is 1. The Morgan fingerprint density at radius 1 is 1.36 bits per heavy atom. The Balaban J connectivity index is 2.33. The van der Waals surface area contributed by atoms with E-state index >= 15 is 0 Å². The zero-order valence-electron chi connectivity index (χ0n) is 8.75. The number of aromatic amines is 1. The molecule has 0 aliphatic rings. The Hall–Kier alpha value is -1.31. The van der Waals surface area contributed by atoms with Crippen LogP contribution in [-0.2, 0) is 0 Å². The van der Waals surface area contributed by atoms with Crippen LogP contribution in [0.3, 0.4) is 0 Å². The molecule has 0 saturated heterocycles. The average molecular weight is 188 g/mol. The molecule has 0 aliphatic heterocycles. The molecular weight excluding hydrogens is 172 g/mol. The minimum atomic E-state index is 0.563. The Labute approximate surface area is 84.4 Å². The van der Waals surface area contributed by atoms with Crippen molar-refractivity contribution in [3.05, 3.63) is 30.1 Å². The third-order valence-corrected chi connectivity index (χ3v) is 2.66. The smallest absolute Gasteiger partial charge is 0.137 e. The molecule has 0 amide bonds. The zero-order valence-corrected chi connectivity index (χ0v) is 8.75. The van der Waals surface area contributed by atoms with Gasteiger partial charge in [0, 0.05) is 17.3 Å². The van der Waals surface area contributed by atoms with Gasteiger partial charge in [-0.1, -0.05) is 20.3 Å². The summed E-state index contributed by atoms with van der Waals surface area (Å²) in [5.41, 5.74) is 2.20. The van der Waals surface area contributed by atoms with E-state index in [9.17, 15) is 0 Å². The number of aromatic nitrogens is 2. The maximum Gasteiger partial charge on any atom is 0.137 e. The van der Waals surface area contributed by atoms with E-state index in [0.29, 0.717) is 5.92 Å². The Bertz CT molecular complexity index is 417. The highest BCUT2D eigenvalue weighted by molar-refractivity contribution is 5.75. The first-order chi connectivity index (χ1) is 6.81. The van der Waals surface area contributed by atoms with E-state index < -0.39 is 0 Å². The highest BCUT2D eigenvalue weighted by Gasteiger charge is 2.06. The van der Waals surface area contributed by atoms with Crippen molar-refractivity contribution in [3.8, 4) is 0 Å². The predicted octanol–water partition coefficient (Wildman–Crippen LogP) is 3.47. The molecule has 0 saturated carbocycles. The van der Waals surface area contributed by atoms with Gasteiger partial charge in [0.05, 0.1) is 0 Å². The molecule has 2 nitrogen and oxygen atoms in total. The monoisotopic (exact) mass is 188 g/mol. The van der Waals surface area contributed by atoms with Crippen molar-refractivity contribution in [2.45, 2.75) is 32.6 Å². The van der Waals surface area contributed by atoms with Crippen LogP contribution in [0.2, 0.25) is 0 Å². The van der Waals surface area contributed by atoms with Crippen molar-refractivity contribution in [1.82, 2.24) is 9.97 Å². The van der Waals surface area contributed by atoms with Gasteiger partial charge in [0.15, 0.2) is 0 Å². The molecule has 74 valence electrons. The van der Waals surface area contributed by atoms with Crippen LogP contribution >= 0.6 is 0 Å². The molecule has 2 rings (SSSR count). The Morgan fingerprint density at radius 2 is 2.21 bits per heavy atom. The van der Waals surface area contributed by atoms with E-state index in [0.717, 1.165) is 5.65 Å². The van der Waals surface area contributed by atoms with E-state index in [4.69, 9.17) is 0 Å². The lowest BCUT2D eigenvalue weighted by Gasteiger charge is -2.08. The second-order valence-corrected chi connectivity index (χ2v) is 3.84. The normalized spacial score (nSPS) is 13.3. The zero-order chi connectivity index (χ0) is 9.97.